The normalized spacial score (nSPS) is 26.9. The SMILES string of the molecule is Cn1cc([C@H]2CO[C@@]3(CCCN(C(=O)c4ccccc4)C3)C2)cn1. The van der Waals surface area contributed by atoms with E-state index in [0.29, 0.717) is 12.5 Å². The zero-order chi connectivity index (χ0) is 16.6. The van der Waals surface area contributed by atoms with Crippen molar-refractivity contribution in [2.45, 2.75) is 30.8 Å². The molecule has 0 aliphatic carbocycles. The van der Waals surface area contributed by atoms with Gasteiger partial charge in [0.25, 0.3) is 5.91 Å². The minimum atomic E-state index is -0.191. The number of rotatable bonds is 2. The van der Waals surface area contributed by atoms with Gasteiger partial charge in [-0.2, -0.15) is 5.10 Å². The Bertz CT molecular complexity index is 727. The van der Waals surface area contributed by atoms with Gasteiger partial charge in [0.05, 0.1) is 18.4 Å². The van der Waals surface area contributed by atoms with Gasteiger partial charge in [-0.15, -0.1) is 0 Å². The Morgan fingerprint density at radius 1 is 1.33 bits per heavy atom. The molecule has 0 unspecified atom stereocenters. The van der Waals surface area contributed by atoms with E-state index in [-0.39, 0.29) is 11.5 Å². The molecule has 2 saturated heterocycles. The van der Waals surface area contributed by atoms with E-state index in [1.807, 2.05) is 53.2 Å². The van der Waals surface area contributed by atoms with E-state index in [2.05, 4.69) is 11.3 Å². The van der Waals surface area contributed by atoms with E-state index in [1.54, 1.807) is 0 Å². The van der Waals surface area contributed by atoms with Gasteiger partial charge in [0.1, 0.15) is 0 Å². The van der Waals surface area contributed by atoms with Crippen molar-refractivity contribution in [3.05, 3.63) is 53.9 Å². The second-order valence-electron chi connectivity index (χ2n) is 7.04. The van der Waals surface area contributed by atoms with Crippen molar-refractivity contribution in [2.24, 2.45) is 7.05 Å². The maximum Gasteiger partial charge on any atom is 0.253 e. The molecule has 4 rings (SSSR count). The predicted octanol–water partition coefficient (Wildman–Crippen LogP) is 2.60. The van der Waals surface area contributed by atoms with Crippen LogP contribution in [0.2, 0.25) is 0 Å². The summed E-state index contributed by atoms with van der Waals surface area (Å²) in [5.74, 6) is 0.494. The molecule has 0 saturated carbocycles. The van der Waals surface area contributed by atoms with Gasteiger partial charge >= 0.3 is 0 Å². The maximum atomic E-state index is 12.8. The lowest BCUT2D eigenvalue weighted by molar-refractivity contribution is -0.0447. The van der Waals surface area contributed by atoms with E-state index < -0.39 is 0 Å². The first-order valence-corrected chi connectivity index (χ1v) is 8.62. The van der Waals surface area contributed by atoms with Gasteiger partial charge in [-0.25, -0.2) is 0 Å². The molecule has 3 heterocycles. The van der Waals surface area contributed by atoms with Crippen LogP contribution in [0.5, 0.6) is 0 Å². The third kappa shape index (κ3) is 2.84. The monoisotopic (exact) mass is 325 g/mol. The summed E-state index contributed by atoms with van der Waals surface area (Å²) in [6, 6.07) is 9.54. The van der Waals surface area contributed by atoms with Gasteiger partial charge in [-0.1, -0.05) is 18.2 Å². The van der Waals surface area contributed by atoms with Crippen molar-refractivity contribution in [1.29, 1.82) is 0 Å². The lowest BCUT2D eigenvalue weighted by Crippen LogP contribution is -2.50. The molecule has 1 spiro atoms. The molecule has 0 N–H and O–H groups in total. The van der Waals surface area contributed by atoms with E-state index in [1.165, 1.54) is 5.56 Å². The standard InChI is InChI=1S/C19H23N3O2/c1-21-12-17(11-20-21)16-10-19(24-13-16)8-5-9-22(14-19)18(23)15-6-3-2-4-7-15/h2-4,6-7,11-12,16H,5,8-10,13-14H2,1H3/t16-,19+/m1/s1. The summed E-state index contributed by atoms with van der Waals surface area (Å²) in [6.07, 6.45) is 7.00. The molecule has 0 bridgehead atoms. The average Bonchev–Trinajstić information content (AvgIpc) is 3.22. The quantitative estimate of drug-likeness (QED) is 0.853. The number of ether oxygens (including phenoxy) is 1. The van der Waals surface area contributed by atoms with Gasteiger partial charge in [0, 0.05) is 37.8 Å². The molecule has 1 aromatic carbocycles. The molecular formula is C19H23N3O2. The Hall–Kier alpha value is -2.14. The van der Waals surface area contributed by atoms with Crippen LogP contribution in [0.3, 0.4) is 0 Å². The van der Waals surface area contributed by atoms with Gasteiger partial charge in [-0.3, -0.25) is 9.48 Å². The number of piperidine rings is 1. The van der Waals surface area contributed by atoms with Crippen LogP contribution in [0.1, 0.15) is 41.1 Å². The summed E-state index contributed by atoms with van der Waals surface area (Å²) in [5.41, 5.74) is 1.81. The summed E-state index contributed by atoms with van der Waals surface area (Å²) in [4.78, 5) is 14.7. The lowest BCUT2D eigenvalue weighted by atomic mass is 9.84. The molecule has 2 fully saturated rings. The molecule has 5 heteroatoms. The number of amides is 1. The zero-order valence-electron chi connectivity index (χ0n) is 14.0. The van der Waals surface area contributed by atoms with Crippen LogP contribution in [0.15, 0.2) is 42.7 Å². The minimum Gasteiger partial charge on any atom is -0.372 e. The highest BCUT2D eigenvalue weighted by Gasteiger charge is 2.45. The van der Waals surface area contributed by atoms with Crippen molar-refractivity contribution in [2.75, 3.05) is 19.7 Å². The number of benzene rings is 1. The summed E-state index contributed by atoms with van der Waals surface area (Å²) in [7, 11) is 1.94. The summed E-state index contributed by atoms with van der Waals surface area (Å²) in [5, 5.41) is 4.27. The van der Waals surface area contributed by atoms with Gasteiger partial charge in [0.2, 0.25) is 0 Å². The highest BCUT2D eigenvalue weighted by molar-refractivity contribution is 5.94. The molecule has 24 heavy (non-hydrogen) atoms. The molecule has 5 nitrogen and oxygen atoms in total. The van der Waals surface area contributed by atoms with E-state index >= 15 is 0 Å². The topological polar surface area (TPSA) is 47.4 Å². The van der Waals surface area contributed by atoms with Crippen LogP contribution < -0.4 is 0 Å². The summed E-state index contributed by atoms with van der Waals surface area (Å²) in [6.45, 7) is 2.23. The van der Waals surface area contributed by atoms with Crippen molar-refractivity contribution >= 4 is 5.91 Å². The van der Waals surface area contributed by atoms with Crippen molar-refractivity contribution in [1.82, 2.24) is 14.7 Å². The smallest absolute Gasteiger partial charge is 0.253 e. The highest BCUT2D eigenvalue weighted by atomic mass is 16.5. The lowest BCUT2D eigenvalue weighted by Gasteiger charge is -2.39. The number of likely N-dealkylation sites (tertiary alicyclic amines) is 1. The molecule has 2 aliphatic heterocycles. The van der Waals surface area contributed by atoms with Crippen LogP contribution in [-0.2, 0) is 11.8 Å². The number of carbonyl (C=O) groups is 1. The van der Waals surface area contributed by atoms with Crippen molar-refractivity contribution in [3.63, 3.8) is 0 Å². The Kier molecular flexibility index (Phi) is 3.88. The van der Waals surface area contributed by atoms with Crippen molar-refractivity contribution < 1.29 is 9.53 Å². The Labute approximate surface area is 142 Å². The number of hydrogen-bond donors (Lipinski definition) is 0. The summed E-state index contributed by atoms with van der Waals surface area (Å²) >= 11 is 0. The predicted molar refractivity (Wildman–Crippen MR) is 90.8 cm³/mol. The Morgan fingerprint density at radius 3 is 2.92 bits per heavy atom. The van der Waals surface area contributed by atoms with E-state index in [0.717, 1.165) is 38.0 Å². The van der Waals surface area contributed by atoms with Gasteiger partial charge in [-0.05, 0) is 37.0 Å². The first-order valence-electron chi connectivity index (χ1n) is 8.62. The fourth-order valence-corrected chi connectivity index (χ4v) is 4.03. The minimum absolute atomic E-state index is 0.114. The highest BCUT2D eigenvalue weighted by Crippen LogP contribution is 2.41. The van der Waals surface area contributed by atoms with Crippen LogP contribution >= 0.6 is 0 Å². The van der Waals surface area contributed by atoms with E-state index in [4.69, 9.17) is 4.74 Å². The van der Waals surface area contributed by atoms with E-state index in [9.17, 15) is 4.79 Å². The molecule has 2 aromatic rings. The zero-order valence-corrected chi connectivity index (χ0v) is 14.0. The Balaban J connectivity index is 1.48. The largest absolute Gasteiger partial charge is 0.372 e. The fraction of sp³-hybridized carbons (Fsp3) is 0.474. The number of aryl methyl sites for hydroxylation is 1. The van der Waals surface area contributed by atoms with Gasteiger partial charge in [0.15, 0.2) is 0 Å². The third-order valence-corrected chi connectivity index (χ3v) is 5.25. The molecule has 2 aliphatic rings. The average molecular weight is 325 g/mol. The number of aromatic nitrogens is 2. The second-order valence-corrected chi connectivity index (χ2v) is 7.04. The van der Waals surface area contributed by atoms with Crippen LogP contribution in [-0.4, -0.2) is 45.9 Å². The van der Waals surface area contributed by atoms with Crippen LogP contribution in [0.25, 0.3) is 0 Å². The molecule has 1 aromatic heterocycles. The van der Waals surface area contributed by atoms with Crippen molar-refractivity contribution in [3.8, 4) is 0 Å². The fourth-order valence-electron chi connectivity index (χ4n) is 4.03. The van der Waals surface area contributed by atoms with Gasteiger partial charge < -0.3 is 9.64 Å². The molecule has 126 valence electrons. The molecule has 0 radical (unpaired) electrons. The number of carbonyl (C=O) groups excluding carboxylic acids is 1. The maximum absolute atomic E-state index is 12.8. The molecule has 1 amide bonds. The summed E-state index contributed by atoms with van der Waals surface area (Å²) < 4.78 is 8.08. The first-order chi connectivity index (χ1) is 11.7. The second kappa shape index (κ2) is 6.06. The number of nitrogens with zero attached hydrogens (tertiary/aromatic N) is 3. The third-order valence-electron chi connectivity index (χ3n) is 5.25. The first kappa shape index (κ1) is 15.4. The number of hydrogen-bond acceptors (Lipinski definition) is 3. The Morgan fingerprint density at radius 2 is 2.17 bits per heavy atom. The van der Waals surface area contributed by atoms with Crippen LogP contribution in [0, 0.1) is 0 Å². The molecular weight excluding hydrogens is 302 g/mol. The molecule has 2 atom stereocenters. The van der Waals surface area contributed by atoms with Crippen LogP contribution in [0.4, 0.5) is 0 Å².